The van der Waals surface area contributed by atoms with Crippen LogP contribution in [0.2, 0.25) is 0 Å². The van der Waals surface area contributed by atoms with E-state index in [1.54, 1.807) is 17.9 Å². The zero-order valence-corrected chi connectivity index (χ0v) is 14.8. The van der Waals surface area contributed by atoms with Crippen molar-refractivity contribution in [1.29, 1.82) is 0 Å². The van der Waals surface area contributed by atoms with E-state index >= 15 is 0 Å². The summed E-state index contributed by atoms with van der Waals surface area (Å²) in [5.74, 6) is -0.0152. The summed E-state index contributed by atoms with van der Waals surface area (Å²) >= 11 is 1.39. The Morgan fingerprint density at radius 1 is 1.38 bits per heavy atom. The predicted molar refractivity (Wildman–Crippen MR) is 91.8 cm³/mol. The fourth-order valence-corrected chi connectivity index (χ4v) is 2.96. The van der Waals surface area contributed by atoms with E-state index < -0.39 is 0 Å². The van der Waals surface area contributed by atoms with Crippen LogP contribution >= 0.6 is 11.3 Å². The zero-order chi connectivity index (χ0) is 17.4. The molecule has 1 aromatic rings. The normalized spacial score (nSPS) is 13.4. The van der Waals surface area contributed by atoms with Crippen LogP contribution in [-0.4, -0.2) is 48.9 Å². The lowest BCUT2D eigenvalue weighted by Gasteiger charge is -2.21. The van der Waals surface area contributed by atoms with Gasteiger partial charge in [-0.05, 0) is 43.6 Å². The van der Waals surface area contributed by atoms with Crippen molar-refractivity contribution in [2.75, 3.05) is 26.2 Å². The van der Waals surface area contributed by atoms with E-state index in [9.17, 15) is 14.4 Å². The van der Waals surface area contributed by atoms with Gasteiger partial charge in [0.05, 0.1) is 11.5 Å². The van der Waals surface area contributed by atoms with Crippen LogP contribution in [0.25, 0.3) is 0 Å². The highest BCUT2D eigenvalue weighted by Gasteiger charge is 2.28. The Hall–Kier alpha value is -1.89. The van der Waals surface area contributed by atoms with Gasteiger partial charge in [0, 0.05) is 19.5 Å². The fraction of sp³-hybridized carbons (Fsp3) is 0.588. The molecule has 1 aliphatic carbocycles. The number of amides is 2. The molecule has 2 amide bonds. The summed E-state index contributed by atoms with van der Waals surface area (Å²) in [4.78, 5) is 38.0. The van der Waals surface area contributed by atoms with E-state index in [1.165, 1.54) is 11.3 Å². The van der Waals surface area contributed by atoms with E-state index in [0.29, 0.717) is 43.3 Å². The standard InChI is InChI=1S/C17H24N2O4S/c1-2-23-16(21)12-19(11-13-7-8-13)15(20)6-3-9-18-17(22)14-5-4-10-24-14/h4-5,10,13H,2-3,6-9,11-12H2,1H3,(H,18,22). The number of carbonyl (C=O) groups excluding carboxylic acids is 3. The molecule has 0 aromatic carbocycles. The molecule has 0 unspecified atom stereocenters. The van der Waals surface area contributed by atoms with Crippen LogP contribution in [0.1, 0.15) is 42.3 Å². The maximum Gasteiger partial charge on any atom is 0.325 e. The Balaban J connectivity index is 1.71. The maximum atomic E-state index is 12.3. The molecule has 132 valence electrons. The molecule has 0 aliphatic heterocycles. The lowest BCUT2D eigenvalue weighted by atomic mass is 10.2. The van der Waals surface area contributed by atoms with Crippen molar-refractivity contribution in [3.63, 3.8) is 0 Å². The van der Waals surface area contributed by atoms with Crippen molar-refractivity contribution in [3.05, 3.63) is 22.4 Å². The number of hydrogen-bond acceptors (Lipinski definition) is 5. The topological polar surface area (TPSA) is 75.7 Å². The largest absolute Gasteiger partial charge is 0.465 e. The first kappa shape index (κ1) is 18.4. The van der Waals surface area contributed by atoms with E-state index in [1.807, 2.05) is 11.4 Å². The number of carbonyl (C=O) groups is 3. The highest BCUT2D eigenvalue weighted by molar-refractivity contribution is 7.12. The molecule has 0 saturated heterocycles. The molecule has 1 N–H and O–H groups in total. The van der Waals surface area contributed by atoms with Crippen molar-refractivity contribution in [1.82, 2.24) is 10.2 Å². The van der Waals surface area contributed by atoms with Crippen LogP contribution in [0.3, 0.4) is 0 Å². The van der Waals surface area contributed by atoms with E-state index in [2.05, 4.69) is 5.32 Å². The van der Waals surface area contributed by atoms with Crippen molar-refractivity contribution in [2.24, 2.45) is 5.92 Å². The van der Waals surface area contributed by atoms with Crippen LogP contribution in [0.4, 0.5) is 0 Å². The number of rotatable bonds is 10. The average molecular weight is 352 g/mol. The predicted octanol–water partition coefficient (Wildman–Crippen LogP) is 2.06. The molecule has 0 atom stereocenters. The number of hydrogen-bond donors (Lipinski definition) is 1. The molecule has 7 heteroatoms. The van der Waals surface area contributed by atoms with Gasteiger partial charge < -0.3 is 15.0 Å². The molecular formula is C17H24N2O4S. The summed E-state index contributed by atoms with van der Waals surface area (Å²) in [7, 11) is 0. The summed E-state index contributed by atoms with van der Waals surface area (Å²) in [5.41, 5.74) is 0. The summed E-state index contributed by atoms with van der Waals surface area (Å²) in [5, 5.41) is 4.65. The first-order valence-corrected chi connectivity index (χ1v) is 9.23. The molecule has 2 rings (SSSR count). The molecule has 1 heterocycles. The minimum Gasteiger partial charge on any atom is -0.465 e. The van der Waals surface area contributed by atoms with Crippen molar-refractivity contribution in [3.8, 4) is 0 Å². The Kier molecular flexibility index (Phi) is 7.24. The highest BCUT2D eigenvalue weighted by Crippen LogP contribution is 2.29. The van der Waals surface area contributed by atoms with Crippen LogP contribution in [0, 0.1) is 5.92 Å². The highest BCUT2D eigenvalue weighted by atomic mass is 32.1. The minimum atomic E-state index is -0.363. The third-order valence-electron chi connectivity index (χ3n) is 3.75. The maximum absolute atomic E-state index is 12.3. The first-order chi connectivity index (χ1) is 11.6. The number of ether oxygens (including phenoxy) is 1. The SMILES string of the molecule is CCOC(=O)CN(CC1CC1)C(=O)CCCNC(=O)c1cccs1. The van der Waals surface area contributed by atoms with Gasteiger partial charge >= 0.3 is 5.97 Å². The van der Waals surface area contributed by atoms with Crippen LogP contribution in [0.5, 0.6) is 0 Å². The third-order valence-corrected chi connectivity index (χ3v) is 4.62. The zero-order valence-electron chi connectivity index (χ0n) is 14.0. The molecule has 6 nitrogen and oxygen atoms in total. The molecular weight excluding hydrogens is 328 g/mol. The Morgan fingerprint density at radius 3 is 2.79 bits per heavy atom. The van der Waals surface area contributed by atoms with Crippen LogP contribution < -0.4 is 5.32 Å². The molecule has 0 radical (unpaired) electrons. The van der Waals surface area contributed by atoms with Gasteiger partial charge in [0.1, 0.15) is 6.54 Å². The van der Waals surface area contributed by atoms with Gasteiger partial charge in [-0.3, -0.25) is 14.4 Å². The van der Waals surface area contributed by atoms with Gasteiger partial charge in [-0.15, -0.1) is 11.3 Å². The van der Waals surface area contributed by atoms with E-state index in [4.69, 9.17) is 4.74 Å². The summed E-state index contributed by atoms with van der Waals surface area (Å²) < 4.78 is 4.93. The first-order valence-electron chi connectivity index (χ1n) is 8.35. The van der Waals surface area contributed by atoms with E-state index in [0.717, 1.165) is 12.8 Å². The second-order valence-corrected chi connectivity index (χ2v) is 6.81. The van der Waals surface area contributed by atoms with Gasteiger partial charge in [0.2, 0.25) is 5.91 Å². The lowest BCUT2D eigenvalue weighted by Crippen LogP contribution is -2.38. The number of thiophene rings is 1. The van der Waals surface area contributed by atoms with E-state index in [-0.39, 0.29) is 24.3 Å². The van der Waals surface area contributed by atoms with Gasteiger partial charge in [0.25, 0.3) is 5.91 Å². The Labute approximate surface area is 146 Å². The lowest BCUT2D eigenvalue weighted by molar-refractivity contribution is -0.149. The number of esters is 1. The van der Waals surface area contributed by atoms with Gasteiger partial charge in [-0.25, -0.2) is 0 Å². The monoisotopic (exact) mass is 352 g/mol. The van der Waals surface area contributed by atoms with Crippen LogP contribution in [-0.2, 0) is 14.3 Å². The van der Waals surface area contributed by atoms with Gasteiger partial charge in [-0.2, -0.15) is 0 Å². The quantitative estimate of drug-likeness (QED) is 0.517. The number of nitrogens with zero attached hydrogens (tertiary/aromatic N) is 1. The smallest absolute Gasteiger partial charge is 0.325 e. The minimum absolute atomic E-state index is 0.0186. The van der Waals surface area contributed by atoms with Gasteiger partial charge in [0.15, 0.2) is 0 Å². The molecule has 1 fully saturated rings. The molecule has 1 aliphatic rings. The van der Waals surface area contributed by atoms with Gasteiger partial charge in [-0.1, -0.05) is 6.07 Å². The fourth-order valence-electron chi connectivity index (χ4n) is 2.32. The Morgan fingerprint density at radius 2 is 2.17 bits per heavy atom. The van der Waals surface area contributed by atoms with Crippen molar-refractivity contribution >= 4 is 29.1 Å². The second-order valence-electron chi connectivity index (χ2n) is 5.86. The summed E-state index contributed by atoms with van der Waals surface area (Å²) in [6.45, 7) is 3.16. The van der Waals surface area contributed by atoms with Crippen LogP contribution in [0.15, 0.2) is 17.5 Å². The summed E-state index contributed by atoms with van der Waals surface area (Å²) in [6, 6.07) is 3.59. The number of nitrogens with one attached hydrogen (secondary N) is 1. The Bertz CT molecular complexity index is 555. The molecule has 24 heavy (non-hydrogen) atoms. The third kappa shape index (κ3) is 6.31. The molecule has 0 bridgehead atoms. The van der Waals surface area contributed by atoms with Crippen molar-refractivity contribution in [2.45, 2.75) is 32.6 Å². The summed E-state index contributed by atoms with van der Waals surface area (Å²) in [6.07, 6.45) is 3.10. The average Bonchev–Trinajstić information content (AvgIpc) is 3.20. The molecule has 0 spiro atoms. The molecule has 1 aromatic heterocycles. The molecule has 1 saturated carbocycles. The second kappa shape index (κ2) is 9.42. The van der Waals surface area contributed by atoms with Crippen molar-refractivity contribution < 1.29 is 19.1 Å².